The van der Waals surface area contributed by atoms with Gasteiger partial charge in [0.2, 0.25) is 0 Å². The van der Waals surface area contributed by atoms with Gasteiger partial charge in [-0.15, -0.1) is 0 Å². The van der Waals surface area contributed by atoms with Crippen LogP contribution in [0.4, 0.5) is 0 Å². The van der Waals surface area contributed by atoms with E-state index in [1.54, 1.807) is 0 Å². The second kappa shape index (κ2) is 6.72. The zero-order valence-electron chi connectivity index (χ0n) is 11.3. The molecule has 0 aromatic carbocycles. The van der Waals surface area contributed by atoms with Gasteiger partial charge in [-0.25, -0.2) is 4.99 Å². The van der Waals surface area contributed by atoms with Crippen molar-refractivity contribution in [2.75, 3.05) is 7.05 Å². The Labute approximate surface area is 100 Å². The number of hydrogen-bond acceptors (Lipinski definition) is 2. The highest BCUT2D eigenvalue weighted by Gasteiger charge is 2.18. The van der Waals surface area contributed by atoms with Crippen molar-refractivity contribution in [1.29, 1.82) is 0 Å². The lowest BCUT2D eigenvalue weighted by atomic mass is 10.0. The van der Waals surface area contributed by atoms with Gasteiger partial charge in [0.15, 0.2) is 0 Å². The summed E-state index contributed by atoms with van der Waals surface area (Å²) in [6.45, 7) is 6.77. The Kier molecular flexibility index (Phi) is 5.58. The maximum atomic E-state index is 4.61. The van der Waals surface area contributed by atoms with Gasteiger partial charge in [-0.1, -0.05) is 27.2 Å². The molecule has 1 heterocycles. The van der Waals surface area contributed by atoms with Gasteiger partial charge in [-0.05, 0) is 37.7 Å². The molecule has 92 valence electrons. The molecule has 0 fully saturated rings. The summed E-state index contributed by atoms with van der Waals surface area (Å²) in [5, 5.41) is 0. The molecule has 2 nitrogen and oxygen atoms in total. The second-order valence-corrected chi connectivity index (χ2v) is 4.59. The zero-order valence-corrected chi connectivity index (χ0v) is 11.3. The molecule has 0 saturated carbocycles. The molecule has 0 saturated heterocycles. The minimum absolute atomic E-state index is 0.650. The van der Waals surface area contributed by atoms with Crippen LogP contribution in [-0.2, 0) is 0 Å². The minimum atomic E-state index is 0.650. The van der Waals surface area contributed by atoms with E-state index in [1.165, 1.54) is 37.1 Å². The third-order valence-electron chi connectivity index (χ3n) is 3.51. The fourth-order valence-electron chi connectivity index (χ4n) is 2.45. The van der Waals surface area contributed by atoms with E-state index in [0.717, 1.165) is 12.8 Å². The highest BCUT2D eigenvalue weighted by atomic mass is 15.2. The zero-order chi connectivity index (χ0) is 12.0. The van der Waals surface area contributed by atoms with Crippen molar-refractivity contribution >= 4 is 6.21 Å². The molecule has 0 amide bonds. The van der Waals surface area contributed by atoms with Gasteiger partial charge in [0, 0.05) is 19.3 Å². The standard InChI is InChI=1S/C14H26N2/c1-5-9-13(7-3)16(4)14-12(6-2)10-8-11-15-14/h11,13H,5-10H2,1-4H3. The molecular formula is C14H26N2. The van der Waals surface area contributed by atoms with E-state index < -0.39 is 0 Å². The second-order valence-electron chi connectivity index (χ2n) is 4.59. The van der Waals surface area contributed by atoms with Gasteiger partial charge in [-0.2, -0.15) is 0 Å². The van der Waals surface area contributed by atoms with Crippen molar-refractivity contribution in [2.24, 2.45) is 4.99 Å². The van der Waals surface area contributed by atoms with E-state index in [4.69, 9.17) is 0 Å². The number of nitrogens with zero attached hydrogens (tertiary/aromatic N) is 2. The molecule has 0 aromatic rings. The van der Waals surface area contributed by atoms with Crippen molar-refractivity contribution in [2.45, 2.75) is 65.3 Å². The Morgan fingerprint density at radius 2 is 2.12 bits per heavy atom. The number of aliphatic imine (C=N–C) groups is 1. The predicted octanol–water partition coefficient (Wildman–Crippen LogP) is 3.98. The molecule has 0 radical (unpaired) electrons. The Morgan fingerprint density at radius 3 is 2.69 bits per heavy atom. The smallest absolute Gasteiger partial charge is 0.127 e. The van der Waals surface area contributed by atoms with E-state index in [2.05, 4.69) is 43.9 Å². The van der Waals surface area contributed by atoms with Crippen molar-refractivity contribution in [1.82, 2.24) is 4.90 Å². The summed E-state index contributed by atoms with van der Waals surface area (Å²) in [6.07, 6.45) is 9.25. The maximum absolute atomic E-state index is 4.61. The molecule has 0 bridgehead atoms. The molecule has 0 N–H and O–H groups in total. The molecule has 1 atom stereocenters. The van der Waals surface area contributed by atoms with Crippen LogP contribution in [0.1, 0.15) is 59.3 Å². The predicted molar refractivity (Wildman–Crippen MR) is 71.8 cm³/mol. The van der Waals surface area contributed by atoms with E-state index in [-0.39, 0.29) is 0 Å². The molecule has 1 aliphatic rings. The fourth-order valence-corrected chi connectivity index (χ4v) is 2.45. The van der Waals surface area contributed by atoms with Gasteiger partial charge in [0.25, 0.3) is 0 Å². The van der Waals surface area contributed by atoms with Gasteiger partial charge >= 0.3 is 0 Å². The fraction of sp³-hybridized carbons (Fsp3) is 0.786. The lowest BCUT2D eigenvalue weighted by Gasteiger charge is -2.32. The highest BCUT2D eigenvalue weighted by Crippen LogP contribution is 2.25. The average molecular weight is 222 g/mol. The van der Waals surface area contributed by atoms with Crippen LogP contribution in [0.3, 0.4) is 0 Å². The van der Waals surface area contributed by atoms with Crippen LogP contribution >= 0.6 is 0 Å². The van der Waals surface area contributed by atoms with Crippen molar-refractivity contribution in [3.05, 3.63) is 11.4 Å². The lowest BCUT2D eigenvalue weighted by molar-refractivity contribution is 0.271. The summed E-state index contributed by atoms with van der Waals surface area (Å²) >= 11 is 0. The first kappa shape index (κ1) is 13.3. The molecule has 1 unspecified atom stereocenters. The Morgan fingerprint density at radius 1 is 1.38 bits per heavy atom. The quantitative estimate of drug-likeness (QED) is 0.663. The van der Waals surface area contributed by atoms with Crippen molar-refractivity contribution in [3.63, 3.8) is 0 Å². The third-order valence-corrected chi connectivity index (χ3v) is 3.51. The monoisotopic (exact) mass is 222 g/mol. The summed E-state index contributed by atoms with van der Waals surface area (Å²) in [6, 6.07) is 0.650. The molecular weight excluding hydrogens is 196 g/mol. The Balaban J connectivity index is 2.80. The third kappa shape index (κ3) is 3.10. The van der Waals surface area contributed by atoms with E-state index in [1.807, 2.05) is 0 Å². The van der Waals surface area contributed by atoms with Crippen LogP contribution in [0.2, 0.25) is 0 Å². The molecule has 2 heteroatoms. The molecule has 16 heavy (non-hydrogen) atoms. The number of allylic oxidation sites excluding steroid dienone is 1. The van der Waals surface area contributed by atoms with Crippen molar-refractivity contribution < 1.29 is 0 Å². The van der Waals surface area contributed by atoms with Crippen LogP contribution in [0.25, 0.3) is 0 Å². The highest BCUT2D eigenvalue weighted by molar-refractivity contribution is 5.61. The summed E-state index contributed by atoms with van der Waals surface area (Å²) in [4.78, 5) is 7.01. The van der Waals surface area contributed by atoms with Gasteiger partial charge < -0.3 is 4.90 Å². The number of hydrogen-bond donors (Lipinski definition) is 0. The largest absolute Gasteiger partial charge is 0.357 e. The van der Waals surface area contributed by atoms with Gasteiger partial charge in [-0.3, -0.25) is 0 Å². The molecule has 1 rings (SSSR count). The molecule has 1 aliphatic heterocycles. The average Bonchev–Trinajstić information content (AvgIpc) is 2.35. The summed E-state index contributed by atoms with van der Waals surface area (Å²) in [5.74, 6) is 1.24. The SMILES string of the molecule is CCCC(CC)N(C)C1=C(CC)CCC=N1. The van der Waals surface area contributed by atoms with Gasteiger partial charge in [0.1, 0.15) is 5.82 Å². The molecule has 0 aliphatic carbocycles. The molecule has 0 spiro atoms. The topological polar surface area (TPSA) is 15.6 Å². The lowest BCUT2D eigenvalue weighted by Crippen LogP contribution is -2.31. The maximum Gasteiger partial charge on any atom is 0.127 e. The minimum Gasteiger partial charge on any atom is -0.357 e. The van der Waals surface area contributed by atoms with E-state index in [9.17, 15) is 0 Å². The van der Waals surface area contributed by atoms with E-state index in [0.29, 0.717) is 6.04 Å². The summed E-state index contributed by atoms with van der Waals surface area (Å²) in [5.41, 5.74) is 1.53. The normalized spacial score (nSPS) is 17.8. The van der Waals surface area contributed by atoms with E-state index >= 15 is 0 Å². The first-order chi connectivity index (χ1) is 7.74. The Hall–Kier alpha value is -0.790. The first-order valence-electron chi connectivity index (χ1n) is 6.71. The van der Waals surface area contributed by atoms with Crippen molar-refractivity contribution in [3.8, 4) is 0 Å². The first-order valence-corrected chi connectivity index (χ1v) is 6.71. The summed E-state index contributed by atoms with van der Waals surface area (Å²) in [7, 11) is 2.21. The van der Waals surface area contributed by atoms with Crippen LogP contribution in [-0.4, -0.2) is 24.2 Å². The van der Waals surface area contributed by atoms with Gasteiger partial charge in [0.05, 0.1) is 0 Å². The Bertz CT molecular complexity index is 266. The summed E-state index contributed by atoms with van der Waals surface area (Å²) < 4.78 is 0. The van der Waals surface area contributed by atoms with Crippen LogP contribution in [0, 0.1) is 0 Å². The molecule has 0 aromatic heterocycles. The van der Waals surface area contributed by atoms with Crippen LogP contribution in [0.5, 0.6) is 0 Å². The number of rotatable bonds is 6. The van der Waals surface area contributed by atoms with Crippen LogP contribution < -0.4 is 0 Å². The van der Waals surface area contributed by atoms with Crippen LogP contribution in [0.15, 0.2) is 16.4 Å².